The normalized spacial score (nSPS) is 16.9. The van der Waals surface area contributed by atoms with Crippen LogP contribution in [0.5, 0.6) is 11.5 Å². The van der Waals surface area contributed by atoms with Crippen molar-refractivity contribution in [2.24, 2.45) is 0 Å². The fourth-order valence-corrected chi connectivity index (χ4v) is 5.29. The van der Waals surface area contributed by atoms with Crippen LogP contribution in [0.15, 0.2) is 72.8 Å². The van der Waals surface area contributed by atoms with Gasteiger partial charge in [-0.1, -0.05) is 41.9 Å². The maximum absolute atomic E-state index is 13.3. The Bertz CT molecular complexity index is 1140. The number of methoxy groups -OCH3 is 1. The van der Waals surface area contributed by atoms with Crippen LogP contribution in [-0.2, 0) is 16.8 Å². The first kappa shape index (κ1) is 22.8. The molecule has 2 aliphatic rings. The zero-order chi connectivity index (χ0) is 23.5. The minimum absolute atomic E-state index is 0.0106. The number of ether oxygens (including phenoxy) is 2. The van der Waals surface area contributed by atoms with Gasteiger partial charge in [0.05, 0.1) is 7.11 Å². The van der Waals surface area contributed by atoms with Crippen LogP contribution in [0.4, 0.5) is 5.69 Å². The van der Waals surface area contributed by atoms with E-state index in [-0.39, 0.29) is 17.9 Å². The summed E-state index contributed by atoms with van der Waals surface area (Å²) in [5, 5.41) is 0.640. The molecule has 5 nitrogen and oxygen atoms in total. The fourth-order valence-electron chi connectivity index (χ4n) is 5.16. The number of hydrogen-bond acceptors (Lipinski definition) is 4. The molecule has 0 aliphatic carbocycles. The van der Waals surface area contributed by atoms with Crippen LogP contribution in [0.3, 0.4) is 0 Å². The number of carbonyl (C=O) groups is 1. The second kappa shape index (κ2) is 9.69. The van der Waals surface area contributed by atoms with E-state index < -0.39 is 0 Å². The molecule has 0 radical (unpaired) electrons. The van der Waals surface area contributed by atoms with Gasteiger partial charge in [0.2, 0.25) is 0 Å². The van der Waals surface area contributed by atoms with Gasteiger partial charge in [0, 0.05) is 29.2 Å². The first-order valence-electron chi connectivity index (χ1n) is 11.7. The SMILES string of the molecule is COc1ccc2c(c1)C1(CCN(Cc3ccccc3)CC1)CN2C(=O)COc1ccc(Cl)cc1. The van der Waals surface area contributed by atoms with Crippen LogP contribution in [0.1, 0.15) is 24.0 Å². The van der Waals surface area contributed by atoms with E-state index in [0.29, 0.717) is 17.3 Å². The number of rotatable bonds is 6. The van der Waals surface area contributed by atoms with Crippen molar-refractivity contribution in [2.75, 3.05) is 38.3 Å². The van der Waals surface area contributed by atoms with Gasteiger partial charge in [0.1, 0.15) is 11.5 Å². The van der Waals surface area contributed by atoms with Gasteiger partial charge in [0.15, 0.2) is 6.61 Å². The van der Waals surface area contributed by atoms with Gasteiger partial charge in [-0.3, -0.25) is 9.69 Å². The van der Waals surface area contributed by atoms with Crippen LogP contribution < -0.4 is 14.4 Å². The lowest BCUT2D eigenvalue weighted by Crippen LogP contribution is -2.46. The first-order chi connectivity index (χ1) is 16.6. The first-order valence-corrected chi connectivity index (χ1v) is 12.1. The number of halogens is 1. The second-order valence-corrected chi connectivity index (χ2v) is 9.58. The molecule has 0 atom stereocenters. The smallest absolute Gasteiger partial charge is 0.264 e. The molecule has 0 aromatic heterocycles. The average Bonchev–Trinajstić information content (AvgIpc) is 3.19. The number of amides is 1. The second-order valence-electron chi connectivity index (χ2n) is 9.15. The number of fused-ring (bicyclic) bond motifs is 2. The molecule has 6 heteroatoms. The zero-order valence-corrected chi connectivity index (χ0v) is 20.1. The molecule has 2 heterocycles. The highest BCUT2D eigenvalue weighted by molar-refractivity contribution is 6.30. The number of piperidine rings is 1. The number of benzene rings is 3. The van der Waals surface area contributed by atoms with E-state index in [4.69, 9.17) is 21.1 Å². The van der Waals surface area contributed by atoms with Crippen molar-refractivity contribution < 1.29 is 14.3 Å². The summed E-state index contributed by atoms with van der Waals surface area (Å²) in [5.41, 5.74) is 3.46. The predicted molar refractivity (Wildman–Crippen MR) is 135 cm³/mol. The molecule has 0 bridgehead atoms. The molecule has 0 saturated carbocycles. The van der Waals surface area contributed by atoms with E-state index in [9.17, 15) is 4.79 Å². The quantitative estimate of drug-likeness (QED) is 0.483. The highest BCUT2D eigenvalue weighted by Gasteiger charge is 2.46. The number of carbonyl (C=O) groups excluding carboxylic acids is 1. The Balaban J connectivity index is 1.32. The predicted octanol–water partition coefficient (Wildman–Crippen LogP) is 5.31. The molecule has 3 aromatic carbocycles. The summed E-state index contributed by atoms with van der Waals surface area (Å²) in [6.45, 7) is 3.62. The van der Waals surface area contributed by atoms with E-state index in [1.54, 1.807) is 31.4 Å². The average molecular weight is 477 g/mol. The van der Waals surface area contributed by atoms with E-state index in [2.05, 4.69) is 41.3 Å². The van der Waals surface area contributed by atoms with Gasteiger partial charge in [-0.15, -0.1) is 0 Å². The minimum atomic E-state index is -0.0625. The Morgan fingerprint density at radius 3 is 2.38 bits per heavy atom. The summed E-state index contributed by atoms with van der Waals surface area (Å²) >= 11 is 5.95. The Kier molecular flexibility index (Phi) is 6.48. The van der Waals surface area contributed by atoms with Gasteiger partial charge < -0.3 is 14.4 Å². The van der Waals surface area contributed by atoms with Gasteiger partial charge in [-0.25, -0.2) is 0 Å². The van der Waals surface area contributed by atoms with E-state index in [1.165, 1.54) is 11.1 Å². The molecule has 1 amide bonds. The Morgan fingerprint density at radius 1 is 0.971 bits per heavy atom. The van der Waals surface area contributed by atoms with Crippen molar-refractivity contribution in [3.63, 3.8) is 0 Å². The molecule has 1 saturated heterocycles. The molecule has 1 spiro atoms. The summed E-state index contributed by atoms with van der Waals surface area (Å²) in [7, 11) is 1.69. The molecule has 0 unspecified atom stereocenters. The highest BCUT2D eigenvalue weighted by atomic mass is 35.5. The van der Waals surface area contributed by atoms with E-state index >= 15 is 0 Å². The maximum atomic E-state index is 13.3. The van der Waals surface area contributed by atoms with Gasteiger partial charge in [-0.2, -0.15) is 0 Å². The zero-order valence-electron chi connectivity index (χ0n) is 19.4. The van der Waals surface area contributed by atoms with Crippen LogP contribution in [0.2, 0.25) is 5.02 Å². The van der Waals surface area contributed by atoms with Gasteiger partial charge >= 0.3 is 0 Å². The topological polar surface area (TPSA) is 42.0 Å². The molecule has 5 rings (SSSR count). The molecule has 1 fully saturated rings. The number of hydrogen-bond donors (Lipinski definition) is 0. The Morgan fingerprint density at radius 2 is 1.68 bits per heavy atom. The number of likely N-dealkylation sites (tertiary alicyclic amines) is 1. The maximum Gasteiger partial charge on any atom is 0.264 e. The van der Waals surface area contributed by atoms with Crippen LogP contribution in [-0.4, -0.2) is 44.2 Å². The standard InChI is InChI=1S/C28H29ClN2O3/c1-33-24-11-12-26-25(17-24)28(13-15-30(16-14-28)18-21-5-3-2-4-6-21)20-31(26)27(32)19-34-23-9-7-22(29)8-10-23/h2-12,17H,13-16,18-20H2,1H3. The van der Waals surface area contributed by atoms with Crippen molar-refractivity contribution in [3.8, 4) is 11.5 Å². The molecular weight excluding hydrogens is 448 g/mol. The lowest BCUT2D eigenvalue weighted by molar-refractivity contribution is -0.120. The molecule has 176 valence electrons. The Labute approximate surface area is 205 Å². The highest BCUT2D eigenvalue weighted by Crippen LogP contribution is 2.48. The van der Waals surface area contributed by atoms with Crippen LogP contribution in [0.25, 0.3) is 0 Å². The third-order valence-corrected chi connectivity index (χ3v) is 7.32. The van der Waals surface area contributed by atoms with Gasteiger partial charge in [0.25, 0.3) is 5.91 Å². The largest absolute Gasteiger partial charge is 0.497 e. The van der Waals surface area contributed by atoms with Crippen molar-refractivity contribution in [2.45, 2.75) is 24.8 Å². The summed E-state index contributed by atoms with van der Waals surface area (Å²) in [6, 6.07) is 23.8. The minimum Gasteiger partial charge on any atom is -0.497 e. The lowest BCUT2D eigenvalue weighted by Gasteiger charge is -2.40. The summed E-state index contributed by atoms with van der Waals surface area (Å²) in [5.74, 6) is 1.43. The lowest BCUT2D eigenvalue weighted by atomic mass is 9.74. The summed E-state index contributed by atoms with van der Waals surface area (Å²) in [4.78, 5) is 17.7. The third kappa shape index (κ3) is 4.63. The van der Waals surface area contributed by atoms with Crippen LogP contribution >= 0.6 is 11.6 Å². The monoisotopic (exact) mass is 476 g/mol. The van der Waals surface area contributed by atoms with Crippen molar-refractivity contribution >= 4 is 23.2 Å². The fraction of sp³-hybridized carbons (Fsp3) is 0.321. The summed E-state index contributed by atoms with van der Waals surface area (Å²) < 4.78 is 11.3. The molecule has 3 aromatic rings. The molecule has 34 heavy (non-hydrogen) atoms. The van der Waals surface area contributed by atoms with Gasteiger partial charge in [-0.05, 0) is 79.5 Å². The number of nitrogens with zero attached hydrogens (tertiary/aromatic N) is 2. The third-order valence-electron chi connectivity index (χ3n) is 7.07. The van der Waals surface area contributed by atoms with Crippen molar-refractivity contribution in [1.29, 1.82) is 0 Å². The van der Waals surface area contributed by atoms with Crippen molar-refractivity contribution in [1.82, 2.24) is 4.90 Å². The number of anilines is 1. The Hall–Kier alpha value is -3.02. The van der Waals surface area contributed by atoms with Crippen molar-refractivity contribution in [3.05, 3.63) is 88.9 Å². The molecule has 0 N–H and O–H groups in total. The summed E-state index contributed by atoms with van der Waals surface area (Å²) in [6.07, 6.45) is 2.00. The molecule has 2 aliphatic heterocycles. The van der Waals surface area contributed by atoms with E-state index in [0.717, 1.165) is 43.9 Å². The van der Waals surface area contributed by atoms with Crippen LogP contribution in [0, 0.1) is 0 Å². The molecular formula is C28H29ClN2O3. The van der Waals surface area contributed by atoms with E-state index in [1.807, 2.05) is 17.0 Å².